The van der Waals surface area contributed by atoms with Gasteiger partial charge in [0.15, 0.2) is 5.82 Å². The van der Waals surface area contributed by atoms with Crippen LogP contribution in [-0.4, -0.2) is 17.1 Å². The minimum atomic E-state index is 0.431. The summed E-state index contributed by atoms with van der Waals surface area (Å²) in [7, 11) is 1.60. The Bertz CT molecular complexity index is 197. The van der Waals surface area contributed by atoms with Crippen LogP contribution >= 0.6 is 0 Å². The van der Waals surface area contributed by atoms with Crippen molar-refractivity contribution in [3.63, 3.8) is 0 Å². The molecule has 0 aliphatic heterocycles. The Balaban J connectivity index is 2.69. The molecule has 0 aliphatic carbocycles. The predicted molar refractivity (Wildman–Crippen MR) is 37.2 cm³/mol. The molecular formula is C6H9N3O. The van der Waals surface area contributed by atoms with Gasteiger partial charge in [0.2, 0.25) is 0 Å². The lowest BCUT2D eigenvalue weighted by molar-refractivity contribution is 0.178. The second kappa shape index (κ2) is 3.12. The molecular weight excluding hydrogens is 130 g/mol. The SMILES string of the molecule is COCc1ncc(N)cn1. The smallest absolute Gasteiger partial charge is 0.153 e. The van der Waals surface area contributed by atoms with Gasteiger partial charge in [0, 0.05) is 7.11 Å². The molecule has 0 bridgehead atoms. The molecule has 0 amide bonds. The fourth-order valence-electron chi connectivity index (χ4n) is 0.568. The van der Waals surface area contributed by atoms with Crippen LogP contribution in [0.2, 0.25) is 0 Å². The number of methoxy groups -OCH3 is 1. The molecule has 4 nitrogen and oxygen atoms in total. The van der Waals surface area contributed by atoms with Gasteiger partial charge in [0.05, 0.1) is 18.1 Å². The maximum Gasteiger partial charge on any atom is 0.153 e. The summed E-state index contributed by atoms with van der Waals surface area (Å²) < 4.78 is 4.80. The van der Waals surface area contributed by atoms with Gasteiger partial charge < -0.3 is 10.5 Å². The summed E-state index contributed by atoms with van der Waals surface area (Å²) in [5.41, 5.74) is 5.93. The van der Waals surface area contributed by atoms with Crippen molar-refractivity contribution in [1.82, 2.24) is 9.97 Å². The van der Waals surface area contributed by atoms with Crippen molar-refractivity contribution in [2.45, 2.75) is 6.61 Å². The molecule has 0 atom stereocenters. The monoisotopic (exact) mass is 139 g/mol. The van der Waals surface area contributed by atoms with Gasteiger partial charge >= 0.3 is 0 Å². The Hall–Kier alpha value is -1.16. The van der Waals surface area contributed by atoms with Crippen molar-refractivity contribution >= 4 is 5.69 Å². The van der Waals surface area contributed by atoms with E-state index in [0.717, 1.165) is 0 Å². The quantitative estimate of drug-likeness (QED) is 0.636. The number of anilines is 1. The highest BCUT2D eigenvalue weighted by Crippen LogP contribution is 1.96. The van der Waals surface area contributed by atoms with Crippen LogP contribution in [0.4, 0.5) is 5.69 Å². The molecule has 54 valence electrons. The number of nitrogens with two attached hydrogens (primary N) is 1. The summed E-state index contributed by atoms with van der Waals surface area (Å²) >= 11 is 0. The second-order valence-corrected chi connectivity index (χ2v) is 1.87. The van der Waals surface area contributed by atoms with Crippen LogP contribution in [0.1, 0.15) is 5.82 Å². The maximum absolute atomic E-state index is 5.36. The van der Waals surface area contributed by atoms with Crippen molar-refractivity contribution in [2.75, 3.05) is 12.8 Å². The van der Waals surface area contributed by atoms with Crippen molar-refractivity contribution in [3.8, 4) is 0 Å². The lowest BCUT2D eigenvalue weighted by atomic mass is 10.5. The Labute approximate surface area is 59.1 Å². The van der Waals surface area contributed by atoms with Crippen LogP contribution in [0.25, 0.3) is 0 Å². The lowest BCUT2D eigenvalue weighted by Gasteiger charge is -1.96. The minimum Gasteiger partial charge on any atom is -0.396 e. The zero-order valence-corrected chi connectivity index (χ0v) is 5.74. The zero-order chi connectivity index (χ0) is 7.40. The first-order valence-electron chi connectivity index (χ1n) is 2.88. The van der Waals surface area contributed by atoms with Crippen LogP contribution < -0.4 is 5.73 Å². The standard InChI is InChI=1S/C6H9N3O/c1-10-4-6-8-2-5(7)3-9-6/h2-3H,4,7H2,1H3. The fraction of sp³-hybridized carbons (Fsp3) is 0.333. The molecule has 0 aliphatic rings. The first kappa shape index (κ1) is 6.95. The van der Waals surface area contributed by atoms with E-state index in [-0.39, 0.29) is 0 Å². The number of rotatable bonds is 2. The van der Waals surface area contributed by atoms with Crippen molar-refractivity contribution in [3.05, 3.63) is 18.2 Å². The molecule has 0 saturated heterocycles. The molecule has 0 radical (unpaired) electrons. The van der Waals surface area contributed by atoms with E-state index in [9.17, 15) is 0 Å². The molecule has 2 N–H and O–H groups in total. The number of ether oxygens (including phenoxy) is 1. The Morgan fingerprint density at radius 3 is 2.60 bits per heavy atom. The topological polar surface area (TPSA) is 61.0 Å². The Morgan fingerprint density at radius 1 is 1.50 bits per heavy atom. The third-order valence-corrected chi connectivity index (χ3v) is 0.999. The third kappa shape index (κ3) is 1.66. The molecule has 10 heavy (non-hydrogen) atoms. The van der Waals surface area contributed by atoms with E-state index in [0.29, 0.717) is 18.1 Å². The molecule has 1 rings (SSSR count). The van der Waals surface area contributed by atoms with E-state index >= 15 is 0 Å². The van der Waals surface area contributed by atoms with Crippen LogP contribution in [0, 0.1) is 0 Å². The number of aromatic nitrogens is 2. The molecule has 0 aromatic carbocycles. The van der Waals surface area contributed by atoms with Gasteiger partial charge in [0.1, 0.15) is 6.61 Å². The highest BCUT2D eigenvalue weighted by molar-refractivity contribution is 5.29. The zero-order valence-electron chi connectivity index (χ0n) is 5.74. The van der Waals surface area contributed by atoms with Gasteiger partial charge in [-0.25, -0.2) is 9.97 Å². The Morgan fingerprint density at radius 2 is 2.10 bits per heavy atom. The lowest BCUT2D eigenvalue weighted by Crippen LogP contribution is -1.97. The predicted octanol–water partition coefficient (Wildman–Crippen LogP) is 0.205. The van der Waals surface area contributed by atoms with Gasteiger partial charge in [-0.1, -0.05) is 0 Å². The van der Waals surface area contributed by atoms with E-state index < -0.39 is 0 Å². The van der Waals surface area contributed by atoms with Crippen LogP contribution in [-0.2, 0) is 11.3 Å². The number of nitrogen functional groups attached to an aromatic ring is 1. The normalized spacial score (nSPS) is 9.70. The second-order valence-electron chi connectivity index (χ2n) is 1.87. The van der Waals surface area contributed by atoms with Gasteiger partial charge in [-0.3, -0.25) is 0 Å². The highest BCUT2D eigenvalue weighted by Gasteiger charge is 1.91. The number of hydrogen-bond donors (Lipinski definition) is 1. The first-order chi connectivity index (χ1) is 4.83. The molecule has 1 aromatic rings. The highest BCUT2D eigenvalue weighted by atomic mass is 16.5. The van der Waals surface area contributed by atoms with Gasteiger partial charge in [-0.2, -0.15) is 0 Å². The molecule has 0 fully saturated rings. The van der Waals surface area contributed by atoms with E-state index in [1.54, 1.807) is 19.5 Å². The average molecular weight is 139 g/mol. The molecule has 4 heteroatoms. The van der Waals surface area contributed by atoms with E-state index in [4.69, 9.17) is 10.5 Å². The molecule has 1 aromatic heterocycles. The largest absolute Gasteiger partial charge is 0.396 e. The minimum absolute atomic E-state index is 0.431. The van der Waals surface area contributed by atoms with E-state index in [1.165, 1.54) is 0 Å². The van der Waals surface area contributed by atoms with Gasteiger partial charge in [0.25, 0.3) is 0 Å². The van der Waals surface area contributed by atoms with Crippen LogP contribution in [0.5, 0.6) is 0 Å². The van der Waals surface area contributed by atoms with Gasteiger partial charge in [-0.15, -0.1) is 0 Å². The number of hydrogen-bond acceptors (Lipinski definition) is 4. The van der Waals surface area contributed by atoms with Gasteiger partial charge in [-0.05, 0) is 0 Å². The summed E-state index contributed by atoms with van der Waals surface area (Å²) in [6, 6.07) is 0. The van der Waals surface area contributed by atoms with Crippen molar-refractivity contribution in [2.24, 2.45) is 0 Å². The molecule has 0 unspecified atom stereocenters. The fourth-order valence-corrected chi connectivity index (χ4v) is 0.568. The maximum atomic E-state index is 5.36. The molecule has 0 spiro atoms. The Kier molecular flexibility index (Phi) is 2.17. The van der Waals surface area contributed by atoms with E-state index in [1.807, 2.05) is 0 Å². The van der Waals surface area contributed by atoms with E-state index in [2.05, 4.69) is 9.97 Å². The first-order valence-corrected chi connectivity index (χ1v) is 2.88. The summed E-state index contributed by atoms with van der Waals surface area (Å²) in [5, 5.41) is 0. The average Bonchev–Trinajstić information content (AvgIpc) is 1.95. The van der Waals surface area contributed by atoms with Crippen molar-refractivity contribution < 1.29 is 4.74 Å². The third-order valence-electron chi connectivity index (χ3n) is 0.999. The summed E-state index contributed by atoms with van der Waals surface area (Å²) in [4.78, 5) is 7.81. The van der Waals surface area contributed by atoms with Crippen LogP contribution in [0.15, 0.2) is 12.4 Å². The number of nitrogens with zero attached hydrogens (tertiary/aromatic N) is 2. The summed E-state index contributed by atoms with van der Waals surface area (Å²) in [6.07, 6.45) is 3.11. The summed E-state index contributed by atoms with van der Waals surface area (Å²) in [5.74, 6) is 0.650. The van der Waals surface area contributed by atoms with Crippen molar-refractivity contribution in [1.29, 1.82) is 0 Å². The molecule has 1 heterocycles. The molecule has 0 saturated carbocycles. The summed E-state index contributed by atoms with van der Waals surface area (Å²) in [6.45, 7) is 0.431. The van der Waals surface area contributed by atoms with Crippen LogP contribution in [0.3, 0.4) is 0 Å².